The Morgan fingerprint density at radius 2 is 2.00 bits per heavy atom. The number of nitrogens with one attached hydrogen (secondary N) is 1. The molecule has 96 valence electrons. The van der Waals surface area contributed by atoms with E-state index >= 15 is 0 Å². The molecule has 0 aromatic rings. The van der Waals surface area contributed by atoms with E-state index in [1.807, 2.05) is 0 Å². The minimum Gasteiger partial charge on any atom is -0.313 e. The van der Waals surface area contributed by atoms with Crippen molar-refractivity contribution in [3.05, 3.63) is 0 Å². The SMILES string of the molecule is CCNC(C)C1CCCCN1CC(C)CC. The van der Waals surface area contributed by atoms with E-state index in [9.17, 15) is 0 Å². The summed E-state index contributed by atoms with van der Waals surface area (Å²) < 4.78 is 0. The monoisotopic (exact) mass is 226 g/mol. The van der Waals surface area contributed by atoms with Gasteiger partial charge in [-0.3, -0.25) is 4.90 Å². The quantitative estimate of drug-likeness (QED) is 0.749. The Morgan fingerprint density at radius 1 is 1.25 bits per heavy atom. The number of likely N-dealkylation sites (tertiary alicyclic amines) is 1. The highest BCUT2D eigenvalue weighted by Gasteiger charge is 2.27. The summed E-state index contributed by atoms with van der Waals surface area (Å²) in [6.45, 7) is 12.9. The third-order valence-corrected chi connectivity index (χ3v) is 4.01. The molecule has 0 amide bonds. The van der Waals surface area contributed by atoms with E-state index in [1.54, 1.807) is 0 Å². The van der Waals surface area contributed by atoms with Crippen molar-refractivity contribution >= 4 is 0 Å². The molecule has 2 nitrogen and oxygen atoms in total. The fourth-order valence-electron chi connectivity index (χ4n) is 2.80. The molecule has 0 aliphatic carbocycles. The molecule has 0 aromatic carbocycles. The first-order valence-electron chi connectivity index (χ1n) is 7.16. The number of piperidine rings is 1. The summed E-state index contributed by atoms with van der Waals surface area (Å²) in [5, 5.41) is 3.59. The van der Waals surface area contributed by atoms with Crippen molar-refractivity contribution in [1.29, 1.82) is 0 Å². The fraction of sp³-hybridized carbons (Fsp3) is 1.00. The van der Waals surface area contributed by atoms with Crippen molar-refractivity contribution in [2.75, 3.05) is 19.6 Å². The summed E-state index contributed by atoms with van der Waals surface area (Å²) in [4.78, 5) is 2.73. The summed E-state index contributed by atoms with van der Waals surface area (Å²) >= 11 is 0. The Morgan fingerprint density at radius 3 is 2.62 bits per heavy atom. The van der Waals surface area contributed by atoms with Crippen LogP contribution in [0.15, 0.2) is 0 Å². The second-order valence-corrected chi connectivity index (χ2v) is 5.42. The van der Waals surface area contributed by atoms with Crippen molar-refractivity contribution in [3.8, 4) is 0 Å². The smallest absolute Gasteiger partial charge is 0.0246 e. The van der Waals surface area contributed by atoms with E-state index in [-0.39, 0.29) is 0 Å². The summed E-state index contributed by atoms with van der Waals surface area (Å²) in [6.07, 6.45) is 5.49. The lowest BCUT2D eigenvalue weighted by Gasteiger charge is -2.40. The molecule has 1 N–H and O–H groups in total. The number of rotatable bonds is 6. The lowest BCUT2D eigenvalue weighted by atomic mass is 9.94. The molecule has 16 heavy (non-hydrogen) atoms. The standard InChI is InChI=1S/C14H30N2/c1-5-12(3)11-16-10-8-7-9-14(16)13(4)15-6-2/h12-15H,5-11H2,1-4H3. The van der Waals surface area contributed by atoms with Crippen LogP contribution in [0, 0.1) is 5.92 Å². The van der Waals surface area contributed by atoms with E-state index in [0.717, 1.165) is 18.5 Å². The molecule has 0 radical (unpaired) electrons. The van der Waals surface area contributed by atoms with E-state index in [1.165, 1.54) is 38.8 Å². The first-order valence-corrected chi connectivity index (χ1v) is 7.16. The Labute approximate surface area is 102 Å². The summed E-state index contributed by atoms with van der Waals surface area (Å²) in [6, 6.07) is 1.41. The topological polar surface area (TPSA) is 15.3 Å². The molecule has 0 aromatic heterocycles. The molecule has 0 bridgehead atoms. The zero-order valence-corrected chi connectivity index (χ0v) is 11.6. The van der Waals surface area contributed by atoms with Gasteiger partial charge in [0.1, 0.15) is 0 Å². The molecule has 1 rings (SSSR count). The van der Waals surface area contributed by atoms with Crippen molar-refractivity contribution in [1.82, 2.24) is 10.2 Å². The zero-order valence-electron chi connectivity index (χ0n) is 11.6. The van der Waals surface area contributed by atoms with Crippen LogP contribution in [-0.2, 0) is 0 Å². The van der Waals surface area contributed by atoms with Crippen LogP contribution in [0.1, 0.15) is 53.4 Å². The highest BCUT2D eigenvalue weighted by atomic mass is 15.2. The van der Waals surface area contributed by atoms with Crippen molar-refractivity contribution < 1.29 is 0 Å². The maximum atomic E-state index is 3.59. The van der Waals surface area contributed by atoms with E-state index in [0.29, 0.717) is 6.04 Å². The normalized spacial score (nSPS) is 26.6. The molecule has 3 atom stereocenters. The first-order chi connectivity index (χ1) is 7.69. The summed E-state index contributed by atoms with van der Waals surface area (Å²) in [7, 11) is 0. The summed E-state index contributed by atoms with van der Waals surface area (Å²) in [5.74, 6) is 0.842. The minimum absolute atomic E-state index is 0.648. The number of nitrogens with zero attached hydrogens (tertiary/aromatic N) is 1. The van der Waals surface area contributed by atoms with Crippen LogP contribution < -0.4 is 5.32 Å². The van der Waals surface area contributed by atoms with E-state index in [4.69, 9.17) is 0 Å². The molecule has 1 fully saturated rings. The van der Waals surface area contributed by atoms with Crippen molar-refractivity contribution in [2.45, 2.75) is 65.5 Å². The van der Waals surface area contributed by atoms with Gasteiger partial charge in [0.2, 0.25) is 0 Å². The predicted octanol–water partition coefficient (Wildman–Crippen LogP) is 2.89. The first kappa shape index (κ1) is 14.0. The Kier molecular flexibility index (Phi) is 6.37. The van der Waals surface area contributed by atoms with Crippen molar-refractivity contribution in [3.63, 3.8) is 0 Å². The molecule has 1 heterocycles. The minimum atomic E-state index is 0.648. The van der Waals surface area contributed by atoms with Gasteiger partial charge < -0.3 is 5.32 Å². The number of hydrogen-bond acceptors (Lipinski definition) is 2. The maximum absolute atomic E-state index is 3.59. The molecule has 1 saturated heterocycles. The van der Waals surface area contributed by atoms with Crippen LogP contribution in [0.2, 0.25) is 0 Å². The van der Waals surface area contributed by atoms with Gasteiger partial charge in [0.05, 0.1) is 0 Å². The van der Waals surface area contributed by atoms with E-state index < -0.39 is 0 Å². The predicted molar refractivity (Wildman–Crippen MR) is 71.8 cm³/mol. The molecule has 2 heteroatoms. The van der Waals surface area contributed by atoms with Gasteiger partial charge in [-0.25, -0.2) is 0 Å². The van der Waals surface area contributed by atoms with Crippen molar-refractivity contribution in [2.24, 2.45) is 5.92 Å². The van der Waals surface area contributed by atoms with E-state index in [2.05, 4.69) is 37.9 Å². The number of hydrogen-bond donors (Lipinski definition) is 1. The highest BCUT2D eigenvalue weighted by Crippen LogP contribution is 2.21. The van der Waals surface area contributed by atoms with Crippen LogP contribution in [0.3, 0.4) is 0 Å². The third kappa shape index (κ3) is 4.06. The highest BCUT2D eigenvalue weighted by molar-refractivity contribution is 4.85. The average molecular weight is 226 g/mol. The van der Waals surface area contributed by atoms with Gasteiger partial charge >= 0.3 is 0 Å². The van der Waals surface area contributed by atoms with Gasteiger partial charge in [-0.05, 0) is 38.8 Å². The molecule has 0 spiro atoms. The number of likely N-dealkylation sites (N-methyl/N-ethyl adjacent to an activating group) is 1. The van der Waals surface area contributed by atoms with Gasteiger partial charge in [-0.2, -0.15) is 0 Å². The second kappa shape index (κ2) is 7.29. The van der Waals surface area contributed by atoms with Gasteiger partial charge in [-0.1, -0.05) is 33.6 Å². The third-order valence-electron chi connectivity index (χ3n) is 4.01. The molecular weight excluding hydrogens is 196 g/mol. The maximum Gasteiger partial charge on any atom is 0.0246 e. The summed E-state index contributed by atoms with van der Waals surface area (Å²) in [5.41, 5.74) is 0. The Hall–Kier alpha value is -0.0800. The van der Waals surface area contributed by atoms with Gasteiger partial charge in [0.25, 0.3) is 0 Å². The van der Waals surface area contributed by atoms with Crippen LogP contribution in [0.4, 0.5) is 0 Å². The molecule has 3 unspecified atom stereocenters. The van der Waals surface area contributed by atoms with Crippen LogP contribution in [0.25, 0.3) is 0 Å². The van der Waals surface area contributed by atoms with Crippen LogP contribution in [0.5, 0.6) is 0 Å². The largest absolute Gasteiger partial charge is 0.313 e. The molecule has 1 aliphatic heterocycles. The Balaban J connectivity index is 2.49. The molecule has 0 saturated carbocycles. The fourth-order valence-corrected chi connectivity index (χ4v) is 2.80. The van der Waals surface area contributed by atoms with Gasteiger partial charge in [0, 0.05) is 18.6 Å². The molecule has 1 aliphatic rings. The van der Waals surface area contributed by atoms with Gasteiger partial charge in [-0.15, -0.1) is 0 Å². The second-order valence-electron chi connectivity index (χ2n) is 5.42. The zero-order chi connectivity index (χ0) is 12.0. The lowest BCUT2D eigenvalue weighted by molar-refractivity contribution is 0.103. The average Bonchev–Trinajstić information content (AvgIpc) is 2.30. The van der Waals surface area contributed by atoms with Gasteiger partial charge in [0.15, 0.2) is 0 Å². The van der Waals surface area contributed by atoms with Crippen LogP contribution in [-0.4, -0.2) is 36.6 Å². The molecular formula is C14H30N2. The Bertz CT molecular complexity index is 182. The van der Waals surface area contributed by atoms with Crippen LogP contribution >= 0.6 is 0 Å². The lowest BCUT2D eigenvalue weighted by Crippen LogP contribution is -2.52.